The number of urea groups is 1. The molecular weight excluding hydrogens is 392 g/mol. The van der Waals surface area contributed by atoms with Crippen molar-refractivity contribution in [3.8, 4) is 23.0 Å². The van der Waals surface area contributed by atoms with Crippen LogP contribution in [0.4, 0.5) is 10.5 Å². The average Bonchev–Trinajstić information content (AvgIpc) is 3.46. The second kappa shape index (κ2) is 8.52. The number of carbonyl (C=O) groups is 1. The van der Waals surface area contributed by atoms with Gasteiger partial charge in [-0.2, -0.15) is 11.3 Å². The number of thiophene rings is 1. The lowest BCUT2D eigenvalue weighted by atomic mass is 9.97. The molecule has 1 N–H and O–H groups in total. The smallest absolute Gasteiger partial charge is 0.321 e. The Bertz CT molecular complexity index is 965. The lowest BCUT2D eigenvalue weighted by molar-refractivity contribution is 0.190. The molecule has 0 unspecified atom stereocenters. The van der Waals surface area contributed by atoms with Gasteiger partial charge in [-0.25, -0.2) is 4.79 Å². The van der Waals surface area contributed by atoms with E-state index >= 15 is 0 Å². The first-order valence-electron chi connectivity index (χ1n) is 9.32. The van der Waals surface area contributed by atoms with Crippen molar-refractivity contribution in [1.82, 2.24) is 15.1 Å². The first-order chi connectivity index (χ1) is 14.2. The number of nitrogens with one attached hydrogen (secondary N) is 1. The van der Waals surface area contributed by atoms with Crippen LogP contribution in [0, 0.1) is 0 Å². The summed E-state index contributed by atoms with van der Waals surface area (Å²) in [5.41, 5.74) is 1.55. The quantitative estimate of drug-likeness (QED) is 0.672. The van der Waals surface area contributed by atoms with Crippen molar-refractivity contribution in [2.45, 2.75) is 18.8 Å². The Balaban J connectivity index is 1.35. The maximum atomic E-state index is 12.7. The number of carbonyl (C=O) groups excluding carboxylic acids is 1. The summed E-state index contributed by atoms with van der Waals surface area (Å²) >= 11 is 1.59. The Morgan fingerprint density at radius 3 is 2.72 bits per heavy atom. The molecule has 1 aliphatic heterocycles. The van der Waals surface area contributed by atoms with E-state index in [2.05, 4.69) is 15.5 Å². The SMILES string of the molecule is COc1ccc(NC(=O)N2CCC(c3nnc(-c4ccsc4)o3)CC2)c(OC)c1. The first-order valence-corrected chi connectivity index (χ1v) is 10.3. The molecule has 0 bridgehead atoms. The van der Waals surface area contributed by atoms with E-state index in [0.717, 1.165) is 18.4 Å². The van der Waals surface area contributed by atoms with Gasteiger partial charge >= 0.3 is 6.03 Å². The number of likely N-dealkylation sites (tertiary alicyclic amines) is 1. The molecule has 0 atom stereocenters. The highest BCUT2D eigenvalue weighted by Crippen LogP contribution is 2.32. The van der Waals surface area contributed by atoms with Gasteiger partial charge in [0, 0.05) is 36.0 Å². The maximum absolute atomic E-state index is 12.7. The van der Waals surface area contributed by atoms with Crippen molar-refractivity contribution in [2.24, 2.45) is 0 Å². The number of aromatic nitrogens is 2. The normalized spacial score (nSPS) is 14.6. The number of piperidine rings is 1. The van der Waals surface area contributed by atoms with Gasteiger partial charge in [-0.15, -0.1) is 10.2 Å². The fraction of sp³-hybridized carbons (Fsp3) is 0.350. The van der Waals surface area contributed by atoms with Crippen LogP contribution in [0.25, 0.3) is 11.5 Å². The number of hydrogen-bond acceptors (Lipinski definition) is 7. The molecule has 1 saturated heterocycles. The number of anilines is 1. The maximum Gasteiger partial charge on any atom is 0.321 e. The standard InChI is InChI=1S/C20H22N4O4S/c1-26-15-3-4-16(17(11-15)27-2)21-20(25)24-8-5-13(6-9-24)18-22-23-19(28-18)14-7-10-29-12-14/h3-4,7,10-13H,5-6,8-9H2,1-2H3,(H,21,25). The van der Waals surface area contributed by atoms with Crippen LogP contribution in [-0.4, -0.2) is 48.4 Å². The number of nitrogens with zero attached hydrogens (tertiary/aromatic N) is 3. The molecule has 0 radical (unpaired) electrons. The van der Waals surface area contributed by atoms with E-state index in [4.69, 9.17) is 13.9 Å². The molecule has 2 amide bonds. The number of rotatable bonds is 5. The minimum Gasteiger partial charge on any atom is -0.497 e. The molecule has 3 heterocycles. The van der Waals surface area contributed by atoms with E-state index in [0.29, 0.717) is 42.1 Å². The lowest BCUT2D eigenvalue weighted by Crippen LogP contribution is -2.40. The predicted molar refractivity (Wildman–Crippen MR) is 110 cm³/mol. The van der Waals surface area contributed by atoms with Crippen molar-refractivity contribution >= 4 is 23.1 Å². The molecule has 1 aliphatic rings. The fourth-order valence-electron chi connectivity index (χ4n) is 3.33. The van der Waals surface area contributed by atoms with E-state index in [9.17, 15) is 4.79 Å². The minimum atomic E-state index is -0.156. The van der Waals surface area contributed by atoms with Crippen LogP contribution in [0.15, 0.2) is 39.4 Å². The lowest BCUT2D eigenvalue weighted by Gasteiger charge is -2.30. The molecule has 1 fully saturated rings. The van der Waals surface area contributed by atoms with Gasteiger partial charge in [-0.05, 0) is 36.4 Å². The second-order valence-electron chi connectivity index (χ2n) is 6.72. The van der Waals surface area contributed by atoms with Gasteiger partial charge in [0.15, 0.2) is 0 Å². The topological polar surface area (TPSA) is 89.7 Å². The summed E-state index contributed by atoms with van der Waals surface area (Å²) in [6, 6.07) is 7.10. The van der Waals surface area contributed by atoms with Gasteiger partial charge in [0.25, 0.3) is 0 Å². The molecule has 152 valence electrons. The van der Waals surface area contributed by atoms with Crippen LogP contribution < -0.4 is 14.8 Å². The Hall–Kier alpha value is -3.07. The summed E-state index contributed by atoms with van der Waals surface area (Å²) in [6.07, 6.45) is 1.55. The average molecular weight is 414 g/mol. The molecule has 0 saturated carbocycles. The first kappa shape index (κ1) is 19.3. The van der Waals surface area contributed by atoms with E-state index in [-0.39, 0.29) is 11.9 Å². The Morgan fingerprint density at radius 2 is 2.03 bits per heavy atom. The Morgan fingerprint density at radius 1 is 1.21 bits per heavy atom. The van der Waals surface area contributed by atoms with E-state index in [1.54, 1.807) is 48.7 Å². The second-order valence-corrected chi connectivity index (χ2v) is 7.50. The summed E-state index contributed by atoms with van der Waals surface area (Å²) < 4.78 is 16.4. The molecule has 0 spiro atoms. The molecule has 3 aromatic rings. The Labute approximate surface area is 172 Å². The minimum absolute atomic E-state index is 0.156. The van der Waals surface area contributed by atoms with E-state index < -0.39 is 0 Å². The van der Waals surface area contributed by atoms with Crippen LogP contribution in [0.5, 0.6) is 11.5 Å². The van der Waals surface area contributed by atoms with E-state index in [1.807, 2.05) is 16.8 Å². The zero-order valence-electron chi connectivity index (χ0n) is 16.3. The van der Waals surface area contributed by atoms with Crippen LogP contribution in [0.3, 0.4) is 0 Å². The molecule has 4 rings (SSSR count). The zero-order valence-corrected chi connectivity index (χ0v) is 17.1. The summed E-state index contributed by atoms with van der Waals surface area (Å²) in [5.74, 6) is 2.58. The summed E-state index contributed by atoms with van der Waals surface area (Å²) in [6.45, 7) is 1.23. The van der Waals surface area contributed by atoms with Crippen molar-refractivity contribution < 1.29 is 18.7 Å². The number of benzene rings is 1. The van der Waals surface area contributed by atoms with Crippen molar-refractivity contribution in [3.63, 3.8) is 0 Å². The van der Waals surface area contributed by atoms with Crippen LogP contribution in [-0.2, 0) is 0 Å². The van der Waals surface area contributed by atoms with Crippen LogP contribution in [0.1, 0.15) is 24.7 Å². The molecule has 2 aromatic heterocycles. The van der Waals surface area contributed by atoms with Gasteiger partial charge in [0.1, 0.15) is 11.5 Å². The highest BCUT2D eigenvalue weighted by atomic mass is 32.1. The number of amides is 2. The molecule has 1 aromatic carbocycles. The molecule has 0 aliphatic carbocycles. The predicted octanol–water partition coefficient (Wildman–Crippen LogP) is 4.23. The van der Waals surface area contributed by atoms with Gasteiger partial charge in [0.05, 0.1) is 19.9 Å². The summed E-state index contributed by atoms with van der Waals surface area (Å²) in [5, 5.41) is 15.2. The third-order valence-corrected chi connectivity index (χ3v) is 5.67. The van der Waals surface area contributed by atoms with Gasteiger partial charge < -0.3 is 24.1 Å². The molecule has 29 heavy (non-hydrogen) atoms. The molecule has 9 heteroatoms. The number of ether oxygens (including phenoxy) is 2. The summed E-state index contributed by atoms with van der Waals surface area (Å²) in [4.78, 5) is 14.5. The molecular formula is C20H22N4O4S. The van der Waals surface area contributed by atoms with Gasteiger partial charge in [-0.1, -0.05) is 0 Å². The van der Waals surface area contributed by atoms with Crippen LogP contribution >= 0.6 is 11.3 Å². The summed E-state index contributed by atoms with van der Waals surface area (Å²) in [7, 11) is 3.15. The van der Waals surface area contributed by atoms with E-state index in [1.165, 1.54) is 0 Å². The monoisotopic (exact) mass is 414 g/mol. The molecule has 8 nitrogen and oxygen atoms in total. The third-order valence-electron chi connectivity index (χ3n) is 4.99. The largest absolute Gasteiger partial charge is 0.497 e. The zero-order chi connectivity index (χ0) is 20.2. The van der Waals surface area contributed by atoms with Crippen LogP contribution in [0.2, 0.25) is 0 Å². The highest BCUT2D eigenvalue weighted by Gasteiger charge is 2.28. The Kier molecular flexibility index (Phi) is 5.66. The number of hydrogen-bond donors (Lipinski definition) is 1. The van der Waals surface area contributed by atoms with Gasteiger partial charge in [-0.3, -0.25) is 0 Å². The third kappa shape index (κ3) is 4.19. The van der Waals surface area contributed by atoms with Gasteiger partial charge in [0.2, 0.25) is 11.8 Å². The fourth-order valence-corrected chi connectivity index (χ4v) is 3.96. The van der Waals surface area contributed by atoms with Crippen molar-refractivity contribution in [2.75, 3.05) is 32.6 Å². The van der Waals surface area contributed by atoms with Crippen molar-refractivity contribution in [3.05, 3.63) is 40.9 Å². The van der Waals surface area contributed by atoms with Crippen molar-refractivity contribution in [1.29, 1.82) is 0 Å². The highest BCUT2D eigenvalue weighted by molar-refractivity contribution is 7.08. The number of methoxy groups -OCH3 is 2.